The topological polar surface area (TPSA) is 32.7 Å². The van der Waals surface area contributed by atoms with E-state index in [0.29, 0.717) is 11.8 Å². The first kappa shape index (κ1) is 13.4. The zero-order valence-electron chi connectivity index (χ0n) is 11.4. The summed E-state index contributed by atoms with van der Waals surface area (Å²) in [4.78, 5) is 2.43. The molecule has 0 aliphatic carbocycles. The Bertz CT molecular complexity index is 390. The van der Waals surface area contributed by atoms with E-state index in [-0.39, 0.29) is 0 Å². The average Bonchev–Trinajstić information content (AvgIpc) is 2.37. The summed E-state index contributed by atoms with van der Waals surface area (Å²) >= 11 is 0. The van der Waals surface area contributed by atoms with Crippen LogP contribution < -0.4 is 0 Å². The highest BCUT2D eigenvalue weighted by Crippen LogP contribution is 2.25. The van der Waals surface area contributed by atoms with Crippen LogP contribution in [0.4, 0.5) is 0 Å². The Kier molecular flexibility index (Phi) is 4.61. The largest absolute Gasteiger partial charge is 0.507 e. The molecule has 1 N–H and O–H groups in total. The molecule has 1 aromatic rings. The quantitative estimate of drug-likeness (QED) is 0.890. The van der Waals surface area contributed by atoms with Crippen molar-refractivity contribution in [3.63, 3.8) is 0 Å². The van der Waals surface area contributed by atoms with Gasteiger partial charge in [0, 0.05) is 24.7 Å². The minimum absolute atomic E-state index is 0.444. The molecule has 0 amide bonds. The molecule has 0 spiro atoms. The maximum absolute atomic E-state index is 10.1. The number of aryl methyl sites for hydroxylation is 1. The van der Waals surface area contributed by atoms with E-state index in [1.165, 1.54) is 6.42 Å². The van der Waals surface area contributed by atoms with Crippen LogP contribution in [0.1, 0.15) is 30.9 Å². The van der Waals surface area contributed by atoms with Gasteiger partial charge in [-0.3, -0.25) is 4.90 Å². The normalized spacial score (nSPS) is 21.1. The minimum Gasteiger partial charge on any atom is -0.507 e. The van der Waals surface area contributed by atoms with Crippen molar-refractivity contribution in [2.24, 2.45) is 0 Å². The van der Waals surface area contributed by atoms with Crippen molar-refractivity contribution in [3.05, 3.63) is 29.3 Å². The number of hydrogen-bond donors (Lipinski definition) is 1. The van der Waals surface area contributed by atoms with Gasteiger partial charge < -0.3 is 9.84 Å². The van der Waals surface area contributed by atoms with Gasteiger partial charge in [0.25, 0.3) is 0 Å². The molecule has 0 radical (unpaired) electrons. The second-order valence-corrected chi connectivity index (χ2v) is 5.07. The Balaban J connectivity index is 2.08. The highest BCUT2D eigenvalue weighted by Gasteiger charge is 2.23. The van der Waals surface area contributed by atoms with Gasteiger partial charge in [-0.1, -0.05) is 31.5 Å². The third kappa shape index (κ3) is 3.03. The van der Waals surface area contributed by atoms with Crippen LogP contribution >= 0.6 is 0 Å². The lowest BCUT2D eigenvalue weighted by Gasteiger charge is -2.35. The summed E-state index contributed by atoms with van der Waals surface area (Å²) in [5.41, 5.74) is 1.98. The van der Waals surface area contributed by atoms with Gasteiger partial charge in [-0.15, -0.1) is 0 Å². The average molecular weight is 249 g/mol. The van der Waals surface area contributed by atoms with Gasteiger partial charge in [0.15, 0.2) is 0 Å². The molecule has 100 valence electrons. The van der Waals surface area contributed by atoms with Gasteiger partial charge in [-0.25, -0.2) is 0 Å². The number of phenolic OH excluding ortho intramolecular Hbond substituents is 1. The highest BCUT2D eigenvalue weighted by atomic mass is 16.5. The molecule has 0 bridgehead atoms. The lowest BCUT2D eigenvalue weighted by Crippen LogP contribution is -2.44. The number of hydrogen-bond acceptors (Lipinski definition) is 3. The molecule has 1 fully saturated rings. The van der Waals surface area contributed by atoms with Crippen LogP contribution in [-0.4, -0.2) is 35.8 Å². The van der Waals surface area contributed by atoms with E-state index in [1.807, 2.05) is 25.1 Å². The van der Waals surface area contributed by atoms with E-state index < -0.39 is 0 Å². The molecule has 1 aromatic carbocycles. The molecule has 0 aromatic heterocycles. The first-order valence-corrected chi connectivity index (χ1v) is 6.81. The van der Waals surface area contributed by atoms with E-state index in [1.54, 1.807) is 0 Å². The first-order chi connectivity index (χ1) is 8.72. The smallest absolute Gasteiger partial charge is 0.122 e. The molecule has 1 heterocycles. The fourth-order valence-corrected chi connectivity index (χ4v) is 2.56. The Morgan fingerprint density at radius 3 is 3.06 bits per heavy atom. The SMILES string of the molecule is CCCC1COCCN1Cc1cccc(C)c1O. The third-order valence-electron chi connectivity index (χ3n) is 3.67. The number of para-hydroxylation sites is 1. The van der Waals surface area contributed by atoms with Crippen molar-refractivity contribution in [1.29, 1.82) is 0 Å². The summed E-state index contributed by atoms with van der Waals surface area (Å²) in [6, 6.07) is 6.46. The van der Waals surface area contributed by atoms with Crippen LogP contribution in [0.3, 0.4) is 0 Å². The number of aromatic hydroxyl groups is 1. The Morgan fingerprint density at radius 2 is 2.28 bits per heavy atom. The summed E-state index contributed by atoms with van der Waals surface area (Å²) < 4.78 is 5.55. The molecule has 0 saturated carbocycles. The van der Waals surface area contributed by atoms with Gasteiger partial charge in [0.2, 0.25) is 0 Å². The maximum atomic E-state index is 10.1. The number of nitrogens with zero attached hydrogens (tertiary/aromatic N) is 1. The van der Waals surface area contributed by atoms with Crippen LogP contribution in [0.5, 0.6) is 5.75 Å². The van der Waals surface area contributed by atoms with Gasteiger partial charge in [0.1, 0.15) is 5.75 Å². The molecular formula is C15H23NO2. The zero-order chi connectivity index (χ0) is 13.0. The molecule has 2 rings (SSSR count). The van der Waals surface area contributed by atoms with Gasteiger partial charge >= 0.3 is 0 Å². The predicted octanol–water partition coefficient (Wildman–Crippen LogP) is 2.70. The standard InChI is InChI=1S/C15H23NO2/c1-3-5-14-11-18-9-8-16(14)10-13-7-4-6-12(2)15(13)17/h4,6-7,14,17H,3,5,8-11H2,1-2H3. The van der Waals surface area contributed by atoms with E-state index >= 15 is 0 Å². The number of morpholine rings is 1. The number of phenols is 1. The van der Waals surface area contributed by atoms with E-state index in [0.717, 1.165) is 43.9 Å². The van der Waals surface area contributed by atoms with Gasteiger partial charge in [-0.2, -0.15) is 0 Å². The van der Waals surface area contributed by atoms with E-state index in [4.69, 9.17) is 4.74 Å². The van der Waals surface area contributed by atoms with Crippen LogP contribution in [-0.2, 0) is 11.3 Å². The van der Waals surface area contributed by atoms with Crippen molar-refractivity contribution in [2.75, 3.05) is 19.8 Å². The molecule has 1 unspecified atom stereocenters. The second kappa shape index (κ2) is 6.21. The maximum Gasteiger partial charge on any atom is 0.122 e. The highest BCUT2D eigenvalue weighted by molar-refractivity contribution is 5.39. The van der Waals surface area contributed by atoms with Gasteiger partial charge in [0.05, 0.1) is 13.2 Å². The monoisotopic (exact) mass is 249 g/mol. The summed E-state index contributed by atoms with van der Waals surface area (Å²) in [6.07, 6.45) is 2.33. The molecule has 3 heteroatoms. The Hall–Kier alpha value is -1.06. The van der Waals surface area contributed by atoms with Gasteiger partial charge in [-0.05, 0) is 18.9 Å². The van der Waals surface area contributed by atoms with Crippen LogP contribution in [0.25, 0.3) is 0 Å². The third-order valence-corrected chi connectivity index (χ3v) is 3.67. The number of ether oxygens (including phenoxy) is 1. The minimum atomic E-state index is 0.444. The Labute approximate surface area is 109 Å². The fourth-order valence-electron chi connectivity index (χ4n) is 2.56. The summed E-state index contributed by atoms with van der Waals surface area (Å²) in [6.45, 7) is 7.55. The molecule has 18 heavy (non-hydrogen) atoms. The molecule has 1 aliphatic heterocycles. The molecule has 1 atom stereocenters. The summed E-state index contributed by atoms with van der Waals surface area (Å²) in [5, 5.41) is 10.1. The molecule has 1 saturated heterocycles. The first-order valence-electron chi connectivity index (χ1n) is 6.81. The summed E-state index contributed by atoms with van der Waals surface area (Å²) in [7, 11) is 0. The second-order valence-electron chi connectivity index (χ2n) is 5.07. The molecule has 1 aliphatic rings. The molecular weight excluding hydrogens is 226 g/mol. The van der Waals surface area contributed by atoms with Crippen LogP contribution in [0.15, 0.2) is 18.2 Å². The van der Waals surface area contributed by atoms with Crippen molar-refractivity contribution in [1.82, 2.24) is 4.90 Å². The zero-order valence-corrected chi connectivity index (χ0v) is 11.4. The van der Waals surface area contributed by atoms with Crippen LogP contribution in [0, 0.1) is 6.92 Å². The molecule has 3 nitrogen and oxygen atoms in total. The fraction of sp³-hybridized carbons (Fsp3) is 0.600. The lowest BCUT2D eigenvalue weighted by atomic mass is 10.1. The van der Waals surface area contributed by atoms with Crippen molar-refractivity contribution >= 4 is 0 Å². The van der Waals surface area contributed by atoms with E-state index in [2.05, 4.69) is 11.8 Å². The van der Waals surface area contributed by atoms with Crippen molar-refractivity contribution < 1.29 is 9.84 Å². The summed E-state index contributed by atoms with van der Waals surface area (Å²) in [5.74, 6) is 0.444. The Morgan fingerprint density at radius 1 is 1.44 bits per heavy atom. The van der Waals surface area contributed by atoms with Crippen molar-refractivity contribution in [3.8, 4) is 5.75 Å². The van der Waals surface area contributed by atoms with Crippen molar-refractivity contribution in [2.45, 2.75) is 39.3 Å². The number of rotatable bonds is 4. The number of benzene rings is 1. The van der Waals surface area contributed by atoms with Crippen LogP contribution in [0.2, 0.25) is 0 Å². The van der Waals surface area contributed by atoms with E-state index in [9.17, 15) is 5.11 Å². The lowest BCUT2D eigenvalue weighted by molar-refractivity contribution is -0.0149. The predicted molar refractivity (Wildman–Crippen MR) is 72.8 cm³/mol.